The average Bonchev–Trinajstić information content (AvgIpc) is 3.46. The van der Waals surface area contributed by atoms with E-state index in [1.54, 1.807) is 16.5 Å². The number of rotatable bonds is 9. The van der Waals surface area contributed by atoms with Gasteiger partial charge in [-0.05, 0) is 46.1 Å². The molecule has 1 saturated heterocycles. The molecule has 3 rings (SSSR count). The molecule has 0 aliphatic carbocycles. The van der Waals surface area contributed by atoms with E-state index in [1.807, 2.05) is 52.0 Å². The van der Waals surface area contributed by atoms with Crippen LogP contribution in [0.5, 0.6) is 0 Å². The van der Waals surface area contributed by atoms with Crippen molar-refractivity contribution in [2.24, 2.45) is 0 Å². The molecule has 2 heterocycles. The first-order valence-electron chi connectivity index (χ1n) is 11.6. The number of carbonyl (C=O) groups is 3. The Hall–Kier alpha value is -2.78. The minimum atomic E-state index is -0.821. The van der Waals surface area contributed by atoms with Crippen molar-refractivity contribution in [1.82, 2.24) is 15.2 Å². The highest BCUT2D eigenvalue weighted by atomic mass is 32.1. The molecule has 184 valence electrons. The highest BCUT2D eigenvalue weighted by molar-refractivity contribution is 7.13. The van der Waals surface area contributed by atoms with E-state index in [1.165, 1.54) is 11.3 Å². The third kappa shape index (κ3) is 7.63. The van der Waals surface area contributed by atoms with Crippen molar-refractivity contribution in [3.8, 4) is 0 Å². The molecule has 1 aliphatic rings. The third-order valence-corrected chi connectivity index (χ3v) is 6.13. The van der Waals surface area contributed by atoms with Crippen LogP contribution >= 0.6 is 11.3 Å². The standard InChI is InChI=1S/C25H34N4O4S/c1-17-7-9-18(10-8-17)22(23(32)28-25(2,3)4)29(16-19-6-5-14-33-19)21(31)12-11-20(30)27-24-26-13-15-34-24/h7-10,13,15,19,22H,5-6,11-12,14,16H2,1-4H3,(H,28,32)(H,26,27,30)/t19-,22+/m0/s1. The number of hydrogen-bond donors (Lipinski definition) is 2. The number of anilines is 1. The molecular formula is C25H34N4O4S. The van der Waals surface area contributed by atoms with Crippen molar-refractivity contribution in [3.05, 3.63) is 47.0 Å². The van der Waals surface area contributed by atoms with Crippen molar-refractivity contribution in [1.29, 1.82) is 0 Å². The molecule has 1 fully saturated rings. The van der Waals surface area contributed by atoms with Crippen LogP contribution in [0.3, 0.4) is 0 Å². The van der Waals surface area contributed by atoms with Crippen molar-refractivity contribution in [2.45, 2.75) is 71.1 Å². The molecule has 34 heavy (non-hydrogen) atoms. The van der Waals surface area contributed by atoms with Crippen molar-refractivity contribution < 1.29 is 19.1 Å². The largest absolute Gasteiger partial charge is 0.376 e. The molecule has 0 unspecified atom stereocenters. The third-order valence-electron chi connectivity index (χ3n) is 5.44. The van der Waals surface area contributed by atoms with E-state index < -0.39 is 11.6 Å². The van der Waals surface area contributed by atoms with Gasteiger partial charge in [-0.15, -0.1) is 11.3 Å². The number of aromatic nitrogens is 1. The van der Waals surface area contributed by atoms with E-state index in [2.05, 4.69) is 15.6 Å². The van der Waals surface area contributed by atoms with Crippen LogP contribution in [-0.4, -0.2) is 52.4 Å². The monoisotopic (exact) mass is 486 g/mol. The zero-order valence-electron chi connectivity index (χ0n) is 20.3. The zero-order chi connectivity index (χ0) is 24.7. The maximum absolute atomic E-state index is 13.5. The van der Waals surface area contributed by atoms with Crippen molar-refractivity contribution in [3.63, 3.8) is 0 Å². The van der Waals surface area contributed by atoms with Gasteiger partial charge in [0.1, 0.15) is 6.04 Å². The number of thiazole rings is 1. The van der Waals surface area contributed by atoms with Crippen molar-refractivity contribution >= 4 is 34.2 Å². The predicted molar refractivity (Wildman–Crippen MR) is 132 cm³/mol. The van der Waals surface area contributed by atoms with Crippen LogP contribution in [-0.2, 0) is 19.1 Å². The number of ether oxygens (including phenoxy) is 1. The number of hydrogen-bond acceptors (Lipinski definition) is 6. The fraction of sp³-hybridized carbons (Fsp3) is 0.520. The number of nitrogens with one attached hydrogen (secondary N) is 2. The molecule has 3 amide bonds. The molecule has 2 atom stereocenters. The molecule has 1 aliphatic heterocycles. The lowest BCUT2D eigenvalue weighted by Gasteiger charge is -2.35. The Morgan fingerprint density at radius 3 is 2.53 bits per heavy atom. The lowest BCUT2D eigenvalue weighted by molar-refractivity contribution is -0.143. The first-order valence-corrected chi connectivity index (χ1v) is 12.5. The maximum atomic E-state index is 13.5. The number of carbonyl (C=O) groups excluding carboxylic acids is 3. The maximum Gasteiger partial charge on any atom is 0.247 e. The average molecular weight is 487 g/mol. The summed E-state index contributed by atoms with van der Waals surface area (Å²) in [6, 6.07) is 6.81. The van der Waals surface area contributed by atoms with Crippen LogP contribution in [0.15, 0.2) is 35.8 Å². The summed E-state index contributed by atoms with van der Waals surface area (Å²) in [5.74, 6) is -0.805. The Bertz CT molecular complexity index is 964. The summed E-state index contributed by atoms with van der Waals surface area (Å²) in [6.07, 6.45) is 3.21. The SMILES string of the molecule is Cc1ccc([C@H](C(=O)NC(C)(C)C)N(C[C@@H]2CCCO2)C(=O)CCC(=O)Nc2nccs2)cc1. The fourth-order valence-electron chi connectivity index (χ4n) is 3.85. The molecule has 0 spiro atoms. The summed E-state index contributed by atoms with van der Waals surface area (Å²) in [5, 5.41) is 8.00. The van der Waals surface area contributed by atoms with Gasteiger partial charge in [0.2, 0.25) is 17.7 Å². The van der Waals surface area contributed by atoms with Gasteiger partial charge in [0.15, 0.2) is 5.13 Å². The smallest absolute Gasteiger partial charge is 0.247 e. The second-order valence-corrected chi connectivity index (χ2v) is 10.5. The highest BCUT2D eigenvalue weighted by Crippen LogP contribution is 2.27. The van der Waals surface area contributed by atoms with Gasteiger partial charge in [-0.1, -0.05) is 29.8 Å². The van der Waals surface area contributed by atoms with E-state index in [9.17, 15) is 14.4 Å². The van der Waals surface area contributed by atoms with Crippen LogP contribution < -0.4 is 10.6 Å². The molecule has 2 N–H and O–H groups in total. The molecular weight excluding hydrogens is 452 g/mol. The number of benzene rings is 1. The Morgan fingerprint density at radius 2 is 1.94 bits per heavy atom. The molecule has 0 bridgehead atoms. The van der Waals surface area contributed by atoms with Gasteiger partial charge in [-0.25, -0.2) is 4.98 Å². The van der Waals surface area contributed by atoms with Gasteiger partial charge in [-0.2, -0.15) is 0 Å². The summed E-state index contributed by atoms with van der Waals surface area (Å²) in [4.78, 5) is 45.0. The lowest BCUT2D eigenvalue weighted by Crippen LogP contribution is -2.50. The van der Waals surface area contributed by atoms with Gasteiger partial charge in [-0.3, -0.25) is 14.4 Å². The summed E-state index contributed by atoms with van der Waals surface area (Å²) >= 11 is 1.32. The van der Waals surface area contributed by atoms with Crippen LogP contribution in [0.2, 0.25) is 0 Å². The van der Waals surface area contributed by atoms with E-state index in [4.69, 9.17) is 4.74 Å². The summed E-state index contributed by atoms with van der Waals surface area (Å²) in [7, 11) is 0. The molecule has 0 radical (unpaired) electrons. The minimum absolute atomic E-state index is 0.00193. The Morgan fingerprint density at radius 1 is 1.21 bits per heavy atom. The second kappa shape index (κ2) is 11.6. The number of aryl methyl sites for hydroxylation is 1. The Balaban J connectivity index is 1.83. The summed E-state index contributed by atoms with van der Waals surface area (Å²) in [5.41, 5.74) is 1.33. The topological polar surface area (TPSA) is 101 Å². The minimum Gasteiger partial charge on any atom is -0.376 e. The summed E-state index contributed by atoms with van der Waals surface area (Å²) in [6.45, 7) is 8.64. The Labute approximate surface area is 205 Å². The molecule has 2 aromatic rings. The van der Waals surface area contributed by atoms with Crippen LogP contribution in [0.1, 0.15) is 63.6 Å². The summed E-state index contributed by atoms with van der Waals surface area (Å²) < 4.78 is 5.80. The second-order valence-electron chi connectivity index (χ2n) is 9.62. The number of amides is 3. The fourth-order valence-corrected chi connectivity index (χ4v) is 4.39. The molecule has 1 aromatic heterocycles. The molecule has 0 saturated carbocycles. The molecule has 9 heteroatoms. The Kier molecular flexibility index (Phi) is 8.79. The van der Waals surface area contributed by atoms with Gasteiger partial charge in [0.05, 0.1) is 6.10 Å². The first kappa shape index (κ1) is 25.8. The van der Waals surface area contributed by atoms with E-state index >= 15 is 0 Å². The predicted octanol–water partition coefficient (Wildman–Crippen LogP) is 3.83. The van der Waals surface area contributed by atoms with E-state index in [-0.39, 0.29) is 36.7 Å². The van der Waals surface area contributed by atoms with E-state index in [0.29, 0.717) is 18.3 Å². The molecule has 8 nitrogen and oxygen atoms in total. The first-order chi connectivity index (χ1) is 16.1. The van der Waals surface area contributed by atoms with Gasteiger partial charge in [0.25, 0.3) is 0 Å². The zero-order valence-corrected chi connectivity index (χ0v) is 21.1. The van der Waals surface area contributed by atoms with Gasteiger partial charge in [0, 0.05) is 43.1 Å². The molecule has 1 aromatic carbocycles. The normalized spacial score (nSPS) is 16.6. The van der Waals surface area contributed by atoms with Crippen LogP contribution in [0.4, 0.5) is 5.13 Å². The van der Waals surface area contributed by atoms with Crippen LogP contribution in [0.25, 0.3) is 0 Å². The lowest BCUT2D eigenvalue weighted by atomic mass is 9.99. The van der Waals surface area contributed by atoms with Crippen molar-refractivity contribution in [2.75, 3.05) is 18.5 Å². The highest BCUT2D eigenvalue weighted by Gasteiger charge is 2.35. The van der Waals surface area contributed by atoms with E-state index in [0.717, 1.165) is 24.0 Å². The van der Waals surface area contributed by atoms with Crippen LogP contribution in [0, 0.1) is 6.92 Å². The van der Waals surface area contributed by atoms with Gasteiger partial charge >= 0.3 is 0 Å². The number of nitrogens with zero attached hydrogens (tertiary/aromatic N) is 2. The quantitative estimate of drug-likeness (QED) is 0.561. The van der Waals surface area contributed by atoms with Gasteiger partial charge < -0.3 is 20.3 Å².